The largest absolute Gasteiger partial charge is 0.381 e. The monoisotopic (exact) mass is 400 g/mol. The molecule has 0 bridgehead atoms. The molecule has 1 nitrogen and oxygen atoms in total. The van der Waals surface area contributed by atoms with Crippen LogP contribution >= 0.6 is 0 Å². The van der Waals surface area contributed by atoms with Gasteiger partial charge in [-0.15, -0.1) is 0 Å². The number of hydrogen-bond donors (Lipinski definition) is 1. The average Bonchev–Trinajstić information content (AvgIpc) is 2.49. The van der Waals surface area contributed by atoms with Gasteiger partial charge in [-0.1, -0.05) is 110 Å². The Bertz CT molecular complexity index is 744. The Hall–Kier alpha value is -1.09. The minimum Gasteiger partial charge on any atom is -0.381 e. The Kier molecular flexibility index (Phi) is 6.86. The Morgan fingerprint density at radius 2 is 1.33 bits per heavy atom. The van der Waals surface area contributed by atoms with E-state index in [9.17, 15) is 5.11 Å². The Labute approximate surface area is 169 Å². The van der Waals surface area contributed by atoms with Crippen molar-refractivity contribution in [2.24, 2.45) is 0 Å². The van der Waals surface area contributed by atoms with Crippen LogP contribution in [-0.2, 0) is 5.60 Å². The van der Waals surface area contributed by atoms with E-state index in [1.165, 1.54) is 0 Å². The fourth-order valence-corrected chi connectivity index (χ4v) is 6.04. The molecule has 0 aromatic heterocycles. The second kappa shape index (κ2) is 7.74. The van der Waals surface area contributed by atoms with Gasteiger partial charge in [0.15, 0.2) is 0 Å². The van der Waals surface area contributed by atoms with Gasteiger partial charge in [0.1, 0.15) is 5.60 Å². The smallest absolute Gasteiger partial charge is 0.112 e. The summed E-state index contributed by atoms with van der Waals surface area (Å²) in [7, 11) is -3.60. The first-order valence-corrected chi connectivity index (χ1v) is 16.0. The zero-order chi connectivity index (χ0) is 21.3. The molecule has 0 saturated carbocycles. The molecule has 0 saturated heterocycles. The van der Waals surface area contributed by atoms with E-state index in [1.807, 2.05) is 37.3 Å². The van der Waals surface area contributed by atoms with E-state index < -0.39 is 21.7 Å². The standard InChI is InChI=1S/C24H40OSi2/c1-22(2,3)26(8,9)19-15-18-21(27(10,11)23(4,5)6)24(7,25)20-16-13-12-14-17-20/h12-14,16-17,19,25H,1-11H3. The normalized spacial score (nSPS) is 15.4. The molecule has 150 valence electrons. The van der Waals surface area contributed by atoms with Crippen LogP contribution in [0.1, 0.15) is 54.0 Å². The molecular formula is C24H40OSi2. The molecule has 0 fully saturated rings. The van der Waals surface area contributed by atoms with Crippen molar-refractivity contribution in [3.63, 3.8) is 0 Å². The van der Waals surface area contributed by atoms with Gasteiger partial charge in [-0.2, -0.15) is 0 Å². The fourth-order valence-electron chi connectivity index (χ4n) is 2.67. The number of benzene rings is 1. The first-order valence-electron chi connectivity index (χ1n) is 9.96. The van der Waals surface area contributed by atoms with Crippen LogP contribution in [-0.4, -0.2) is 21.3 Å². The molecule has 0 aliphatic rings. The first kappa shape index (κ1) is 24.0. The van der Waals surface area contributed by atoms with Crippen LogP contribution in [0, 0.1) is 0 Å². The van der Waals surface area contributed by atoms with Crippen molar-refractivity contribution < 1.29 is 5.11 Å². The van der Waals surface area contributed by atoms with Crippen molar-refractivity contribution in [1.82, 2.24) is 0 Å². The van der Waals surface area contributed by atoms with Crippen molar-refractivity contribution in [2.45, 2.75) is 90.3 Å². The summed E-state index contributed by atoms with van der Waals surface area (Å²) in [5.74, 6) is 0. The summed E-state index contributed by atoms with van der Waals surface area (Å²) in [6.45, 7) is 25.0. The lowest BCUT2D eigenvalue weighted by Crippen LogP contribution is -2.47. The third kappa shape index (κ3) is 5.25. The van der Waals surface area contributed by atoms with Gasteiger partial charge in [-0.3, -0.25) is 0 Å². The predicted octanol–water partition coefficient (Wildman–Crippen LogP) is 7.23. The van der Waals surface area contributed by atoms with Gasteiger partial charge in [0.2, 0.25) is 0 Å². The van der Waals surface area contributed by atoms with Crippen molar-refractivity contribution in [3.05, 3.63) is 58.3 Å². The van der Waals surface area contributed by atoms with E-state index in [0.717, 1.165) is 10.8 Å². The van der Waals surface area contributed by atoms with Crippen LogP contribution < -0.4 is 0 Å². The number of rotatable bonds is 4. The fraction of sp³-hybridized carbons (Fsp3) is 0.583. The third-order valence-corrected chi connectivity index (χ3v) is 17.2. The Balaban J connectivity index is 3.75. The van der Waals surface area contributed by atoms with Crippen LogP contribution in [0.5, 0.6) is 0 Å². The molecule has 0 spiro atoms. The summed E-state index contributed by atoms with van der Waals surface area (Å²) < 4.78 is 0. The molecule has 1 atom stereocenters. The summed E-state index contributed by atoms with van der Waals surface area (Å²) in [6, 6.07) is 9.98. The van der Waals surface area contributed by atoms with E-state index in [1.54, 1.807) is 0 Å². The summed E-state index contributed by atoms with van der Waals surface area (Å²) in [5, 5.41) is 13.0. The van der Waals surface area contributed by atoms with E-state index >= 15 is 0 Å². The third-order valence-electron chi connectivity index (χ3n) is 6.89. The average molecular weight is 401 g/mol. The first-order chi connectivity index (χ1) is 11.9. The summed E-state index contributed by atoms with van der Waals surface area (Å²) >= 11 is 0. The molecule has 1 aromatic rings. The highest BCUT2D eigenvalue weighted by Crippen LogP contribution is 2.46. The van der Waals surface area contributed by atoms with Gasteiger partial charge in [0.25, 0.3) is 0 Å². The lowest BCUT2D eigenvalue weighted by Gasteiger charge is -2.43. The zero-order valence-electron chi connectivity index (χ0n) is 19.4. The molecule has 0 aliphatic carbocycles. The quantitative estimate of drug-likeness (QED) is 0.417. The summed E-state index contributed by atoms with van der Waals surface area (Å²) in [5.41, 5.74) is 9.03. The highest BCUT2D eigenvalue weighted by molar-refractivity contribution is 6.87. The van der Waals surface area contributed by atoms with Crippen molar-refractivity contribution in [2.75, 3.05) is 0 Å². The lowest BCUT2D eigenvalue weighted by atomic mass is 9.95. The molecule has 1 unspecified atom stereocenters. The van der Waals surface area contributed by atoms with Crippen LogP contribution in [0.4, 0.5) is 0 Å². The van der Waals surface area contributed by atoms with E-state index in [0.29, 0.717) is 0 Å². The summed E-state index contributed by atoms with van der Waals surface area (Å²) in [4.78, 5) is 0. The van der Waals surface area contributed by atoms with Crippen molar-refractivity contribution in [1.29, 1.82) is 0 Å². The minimum atomic E-state index is -2.01. The van der Waals surface area contributed by atoms with E-state index in [2.05, 4.69) is 84.9 Å². The molecule has 0 aliphatic heterocycles. The van der Waals surface area contributed by atoms with Crippen LogP contribution in [0.15, 0.2) is 52.7 Å². The second-order valence-electron chi connectivity index (χ2n) is 11.1. The van der Waals surface area contributed by atoms with Crippen molar-refractivity contribution in [3.8, 4) is 0 Å². The van der Waals surface area contributed by atoms with Gasteiger partial charge in [0.05, 0.1) is 16.1 Å². The highest BCUT2D eigenvalue weighted by atomic mass is 28.3. The molecule has 0 radical (unpaired) electrons. The molecule has 0 heterocycles. The maximum atomic E-state index is 11.6. The van der Waals surface area contributed by atoms with Gasteiger partial charge >= 0.3 is 0 Å². The van der Waals surface area contributed by atoms with Crippen LogP contribution in [0.25, 0.3) is 0 Å². The number of aliphatic hydroxyl groups is 1. The maximum Gasteiger partial charge on any atom is 0.112 e. The molecule has 1 rings (SSSR count). The molecular weight excluding hydrogens is 360 g/mol. The van der Waals surface area contributed by atoms with Crippen molar-refractivity contribution >= 4 is 16.1 Å². The zero-order valence-corrected chi connectivity index (χ0v) is 21.4. The minimum absolute atomic E-state index is 0.104. The molecule has 1 N–H and O–H groups in total. The molecule has 27 heavy (non-hydrogen) atoms. The number of hydrogen-bond acceptors (Lipinski definition) is 1. The molecule has 3 heteroatoms. The lowest BCUT2D eigenvalue weighted by molar-refractivity contribution is 0.104. The van der Waals surface area contributed by atoms with Gasteiger partial charge in [-0.25, -0.2) is 0 Å². The Morgan fingerprint density at radius 1 is 0.852 bits per heavy atom. The summed E-state index contributed by atoms with van der Waals surface area (Å²) in [6.07, 6.45) is 0. The van der Waals surface area contributed by atoms with E-state index in [4.69, 9.17) is 0 Å². The molecule has 1 aromatic carbocycles. The Morgan fingerprint density at radius 3 is 1.74 bits per heavy atom. The maximum absolute atomic E-state index is 11.6. The van der Waals surface area contributed by atoms with E-state index in [-0.39, 0.29) is 10.1 Å². The van der Waals surface area contributed by atoms with Gasteiger partial charge in [-0.05, 0) is 28.3 Å². The second-order valence-corrected chi connectivity index (χ2v) is 21.6. The SMILES string of the molecule is CC(O)(C(=C=C=C[Si](C)(C)C(C)(C)C)[Si](C)(C)C(C)(C)C)c1ccccc1. The van der Waals surface area contributed by atoms with Gasteiger partial charge in [0, 0.05) is 5.20 Å². The molecule has 0 amide bonds. The topological polar surface area (TPSA) is 20.2 Å². The highest BCUT2D eigenvalue weighted by Gasteiger charge is 2.46. The van der Waals surface area contributed by atoms with Crippen LogP contribution in [0.2, 0.25) is 36.3 Å². The predicted molar refractivity (Wildman–Crippen MR) is 126 cm³/mol. The van der Waals surface area contributed by atoms with Crippen LogP contribution in [0.3, 0.4) is 0 Å². The van der Waals surface area contributed by atoms with Gasteiger partial charge < -0.3 is 5.11 Å².